The van der Waals surface area contributed by atoms with E-state index in [-0.39, 0.29) is 10.8 Å². The van der Waals surface area contributed by atoms with Gasteiger partial charge < -0.3 is 40.2 Å². The fourth-order valence-electron chi connectivity index (χ4n) is 5.31. The Morgan fingerprint density at radius 2 is 0.625 bits per heavy atom. The summed E-state index contributed by atoms with van der Waals surface area (Å²) in [4.78, 5) is 0. The van der Waals surface area contributed by atoms with Gasteiger partial charge in [-0.2, -0.15) is 0 Å². The minimum absolute atomic E-state index is 0.0465. The lowest BCUT2D eigenvalue weighted by molar-refractivity contribution is 0.424. The van der Waals surface area contributed by atoms with Crippen molar-refractivity contribution in [3.8, 4) is 22.3 Å². The highest BCUT2D eigenvalue weighted by Crippen LogP contribution is 2.22. The average molecular weight is 752 g/mol. The maximum atomic E-state index is 9.05. The van der Waals surface area contributed by atoms with Crippen molar-refractivity contribution >= 4 is 50.3 Å². The van der Waals surface area contributed by atoms with Crippen LogP contribution in [-0.4, -0.2) is 68.7 Å². The zero-order valence-corrected chi connectivity index (χ0v) is 32.9. The summed E-state index contributed by atoms with van der Waals surface area (Å²) in [6, 6.07) is 48.9. The summed E-state index contributed by atoms with van der Waals surface area (Å²) in [7, 11) is -5.54. The highest BCUT2D eigenvalue weighted by Gasteiger charge is 2.18. The molecular formula is C44H52B4O8. The first kappa shape index (κ1) is 45.6. The minimum Gasteiger partial charge on any atom is -0.423 e. The molecule has 0 spiro atoms. The van der Waals surface area contributed by atoms with E-state index in [1.165, 1.54) is 5.56 Å². The lowest BCUT2D eigenvalue weighted by Gasteiger charge is -2.19. The number of rotatable bonds is 6. The second-order valence-electron chi connectivity index (χ2n) is 15.2. The standard InChI is InChI=1S/2C12H11BO2.2C10H15BO2/c14-13(15)12-8-4-7-11(9-12)10-5-2-1-3-6-10;14-13(15)12-8-6-11(7-9-12)10-4-2-1-3-5-10;1-10(2,3)8-4-6-9(7-5-8)11(12)13;1-10(2,3)8-5-4-6-9(7-8)11(12)13/h2*1-9,14-15H;2*4-7,12-13H,1-3H3. The SMILES string of the molecule is CC(C)(C)c1ccc(B(O)O)cc1.CC(C)(C)c1cccc(B(O)O)c1.OB(O)c1ccc(-c2ccccc2)cc1.OB(O)c1cccc(-c2ccccc2)c1. The second-order valence-corrected chi connectivity index (χ2v) is 15.2. The summed E-state index contributed by atoms with van der Waals surface area (Å²) in [5, 5.41) is 71.7. The van der Waals surface area contributed by atoms with Gasteiger partial charge in [0, 0.05) is 0 Å². The Hall–Kier alpha value is -4.74. The third-order valence-corrected chi connectivity index (χ3v) is 8.73. The van der Waals surface area contributed by atoms with E-state index in [1.807, 2.05) is 115 Å². The Morgan fingerprint density at radius 1 is 0.286 bits per heavy atom. The molecule has 8 nitrogen and oxygen atoms in total. The largest absolute Gasteiger partial charge is 0.488 e. The van der Waals surface area contributed by atoms with Crippen molar-refractivity contribution in [2.24, 2.45) is 0 Å². The maximum Gasteiger partial charge on any atom is 0.488 e. The fourth-order valence-corrected chi connectivity index (χ4v) is 5.31. The molecule has 6 aromatic rings. The quantitative estimate of drug-likeness (QED) is 0.120. The normalized spacial score (nSPS) is 10.7. The molecule has 0 atom stereocenters. The van der Waals surface area contributed by atoms with Gasteiger partial charge in [0.25, 0.3) is 0 Å². The fraction of sp³-hybridized carbons (Fsp3) is 0.182. The topological polar surface area (TPSA) is 162 Å². The van der Waals surface area contributed by atoms with E-state index >= 15 is 0 Å². The first-order chi connectivity index (χ1) is 26.4. The molecule has 0 heterocycles. The van der Waals surface area contributed by atoms with Gasteiger partial charge in [0.1, 0.15) is 0 Å². The van der Waals surface area contributed by atoms with Gasteiger partial charge in [0.2, 0.25) is 0 Å². The van der Waals surface area contributed by atoms with E-state index in [9.17, 15) is 0 Å². The van der Waals surface area contributed by atoms with Crippen molar-refractivity contribution in [1.82, 2.24) is 0 Å². The molecule has 0 fully saturated rings. The van der Waals surface area contributed by atoms with E-state index in [1.54, 1.807) is 42.5 Å². The van der Waals surface area contributed by atoms with Crippen molar-refractivity contribution < 1.29 is 40.2 Å². The molecule has 0 aliphatic rings. The smallest absolute Gasteiger partial charge is 0.423 e. The number of hydrogen-bond acceptors (Lipinski definition) is 8. The summed E-state index contributed by atoms with van der Waals surface area (Å²) in [6.07, 6.45) is 0. The van der Waals surface area contributed by atoms with Crippen LogP contribution < -0.4 is 21.9 Å². The molecule has 6 rings (SSSR count). The molecule has 0 radical (unpaired) electrons. The van der Waals surface area contributed by atoms with Gasteiger partial charge in [-0.05, 0) is 66.1 Å². The molecule has 0 unspecified atom stereocenters. The Bertz CT molecular complexity index is 2010. The summed E-state index contributed by atoms with van der Waals surface area (Å²) < 4.78 is 0. The number of benzene rings is 6. The van der Waals surface area contributed by atoms with Crippen LogP contribution in [-0.2, 0) is 10.8 Å². The Labute approximate surface area is 333 Å². The lowest BCUT2D eigenvalue weighted by atomic mass is 9.76. The van der Waals surface area contributed by atoms with Crippen molar-refractivity contribution in [2.75, 3.05) is 0 Å². The molecule has 0 amide bonds. The van der Waals surface area contributed by atoms with Crippen LogP contribution in [0, 0.1) is 0 Å². The molecule has 8 N–H and O–H groups in total. The Balaban J connectivity index is 0.000000201. The molecule has 0 saturated carbocycles. The van der Waals surface area contributed by atoms with E-state index < -0.39 is 28.5 Å². The summed E-state index contributed by atoms with van der Waals surface area (Å²) in [5.74, 6) is 0. The van der Waals surface area contributed by atoms with Crippen LogP contribution >= 0.6 is 0 Å². The predicted octanol–water partition coefficient (Wildman–Crippen LogP) is 3.39. The van der Waals surface area contributed by atoms with Crippen LogP contribution in [0.1, 0.15) is 52.7 Å². The molecule has 0 bridgehead atoms. The molecule has 6 aromatic carbocycles. The monoisotopic (exact) mass is 752 g/mol. The van der Waals surface area contributed by atoms with Crippen LogP contribution in [0.3, 0.4) is 0 Å². The second kappa shape index (κ2) is 21.5. The van der Waals surface area contributed by atoms with Crippen LogP contribution in [0.4, 0.5) is 0 Å². The van der Waals surface area contributed by atoms with Gasteiger partial charge in [-0.15, -0.1) is 0 Å². The van der Waals surface area contributed by atoms with Crippen molar-refractivity contribution in [3.63, 3.8) is 0 Å². The first-order valence-corrected chi connectivity index (χ1v) is 18.3. The van der Waals surface area contributed by atoms with Gasteiger partial charge in [-0.3, -0.25) is 0 Å². The lowest BCUT2D eigenvalue weighted by Crippen LogP contribution is -2.31. The van der Waals surface area contributed by atoms with E-state index in [2.05, 4.69) is 41.5 Å². The van der Waals surface area contributed by atoms with Gasteiger partial charge >= 0.3 is 28.5 Å². The van der Waals surface area contributed by atoms with Crippen molar-refractivity contribution in [2.45, 2.75) is 52.4 Å². The van der Waals surface area contributed by atoms with Gasteiger partial charge in [-0.1, -0.05) is 199 Å². The Morgan fingerprint density at radius 3 is 1.04 bits per heavy atom. The zero-order valence-electron chi connectivity index (χ0n) is 32.9. The molecule has 56 heavy (non-hydrogen) atoms. The number of hydrogen-bond donors (Lipinski definition) is 8. The Kier molecular flexibility index (Phi) is 17.6. The van der Waals surface area contributed by atoms with Gasteiger partial charge in [0.15, 0.2) is 0 Å². The van der Waals surface area contributed by atoms with E-state index in [4.69, 9.17) is 40.2 Å². The van der Waals surface area contributed by atoms with Gasteiger partial charge in [-0.25, -0.2) is 0 Å². The van der Waals surface area contributed by atoms with Crippen LogP contribution in [0.2, 0.25) is 0 Å². The third kappa shape index (κ3) is 15.1. The first-order valence-electron chi connectivity index (χ1n) is 18.3. The van der Waals surface area contributed by atoms with E-state index in [0.717, 1.165) is 27.8 Å². The molecule has 12 heteroatoms. The molecule has 0 aliphatic carbocycles. The molecule has 288 valence electrons. The minimum atomic E-state index is -1.41. The highest BCUT2D eigenvalue weighted by molar-refractivity contribution is 6.59. The van der Waals surface area contributed by atoms with Gasteiger partial charge in [0.05, 0.1) is 0 Å². The predicted molar refractivity (Wildman–Crippen MR) is 233 cm³/mol. The van der Waals surface area contributed by atoms with Crippen LogP contribution in [0.15, 0.2) is 158 Å². The highest BCUT2D eigenvalue weighted by atomic mass is 16.4. The van der Waals surface area contributed by atoms with Crippen molar-refractivity contribution in [1.29, 1.82) is 0 Å². The summed E-state index contributed by atoms with van der Waals surface area (Å²) >= 11 is 0. The molecule has 0 aliphatic heterocycles. The summed E-state index contributed by atoms with van der Waals surface area (Å²) in [5.41, 5.74) is 8.81. The third-order valence-electron chi connectivity index (χ3n) is 8.73. The maximum absolute atomic E-state index is 9.05. The van der Waals surface area contributed by atoms with Crippen molar-refractivity contribution in [3.05, 3.63) is 169 Å². The van der Waals surface area contributed by atoms with Crippen LogP contribution in [0.25, 0.3) is 22.3 Å². The van der Waals surface area contributed by atoms with Crippen LogP contribution in [0.5, 0.6) is 0 Å². The molecule has 0 aromatic heterocycles. The zero-order chi connectivity index (χ0) is 41.5. The average Bonchev–Trinajstić information content (AvgIpc) is 3.19. The van der Waals surface area contributed by atoms with E-state index in [0.29, 0.717) is 21.9 Å². The molecular weight excluding hydrogens is 700 g/mol. The molecule has 0 saturated heterocycles. The summed E-state index contributed by atoms with van der Waals surface area (Å²) in [6.45, 7) is 12.6.